The Kier molecular flexibility index (Phi) is 2.66. The maximum absolute atomic E-state index is 5.50. The van der Waals surface area contributed by atoms with Crippen molar-refractivity contribution in [1.29, 1.82) is 0 Å². The first-order valence-corrected chi connectivity index (χ1v) is 5.18. The fourth-order valence-corrected chi connectivity index (χ4v) is 2.76. The van der Waals surface area contributed by atoms with Gasteiger partial charge in [-0.3, -0.25) is 0 Å². The van der Waals surface area contributed by atoms with E-state index in [2.05, 4.69) is 5.32 Å². The number of rotatable bonds is 1. The molecule has 1 aliphatic carbocycles. The molecule has 1 heterocycles. The Morgan fingerprint density at radius 3 is 2.83 bits per heavy atom. The highest BCUT2D eigenvalue weighted by Crippen LogP contribution is 2.31. The Balaban J connectivity index is 1.99. The lowest BCUT2D eigenvalue weighted by Crippen LogP contribution is -2.51. The van der Waals surface area contributed by atoms with Crippen molar-refractivity contribution in [3.8, 4) is 0 Å². The highest BCUT2D eigenvalue weighted by molar-refractivity contribution is 4.90. The lowest BCUT2D eigenvalue weighted by atomic mass is 9.78. The third-order valence-electron chi connectivity index (χ3n) is 3.41. The number of hydrogen-bond acceptors (Lipinski definition) is 2. The fourth-order valence-electron chi connectivity index (χ4n) is 2.76. The average Bonchev–Trinajstić information content (AvgIpc) is 2.17. The van der Waals surface area contributed by atoms with Crippen LogP contribution in [0.15, 0.2) is 0 Å². The summed E-state index contributed by atoms with van der Waals surface area (Å²) in [6.07, 6.45) is 7.29. The van der Waals surface area contributed by atoms with Gasteiger partial charge in [0.25, 0.3) is 0 Å². The molecule has 2 heteroatoms. The van der Waals surface area contributed by atoms with Crippen LogP contribution in [-0.2, 0) is 4.74 Å². The lowest BCUT2D eigenvalue weighted by Gasteiger charge is -2.41. The predicted molar refractivity (Wildman–Crippen MR) is 49.2 cm³/mol. The van der Waals surface area contributed by atoms with Crippen molar-refractivity contribution in [2.24, 2.45) is 5.92 Å². The smallest absolute Gasteiger partial charge is 0.0726 e. The maximum Gasteiger partial charge on any atom is 0.0726 e. The molecule has 3 unspecified atom stereocenters. The Morgan fingerprint density at radius 2 is 2.00 bits per heavy atom. The molecule has 1 saturated carbocycles. The van der Waals surface area contributed by atoms with Crippen molar-refractivity contribution >= 4 is 0 Å². The Morgan fingerprint density at radius 1 is 1.17 bits per heavy atom. The lowest BCUT2D eigenvalue weighted by molar-refractivity contribution is 0.00639. The van der Waals surface area contributed by atoms with E-state index in [0.717, 1.165) is 5.92 Å². The zero-order valence-corrected chi connectivity index (χ0v) is 7.88. The van der Waals surface area contributed by atoms with E-state index in [0.29, 0.717) is 12.1 Å². The first kappa shape index (κ1) is 8.52. The first-order chi connectivity index (χ1) is 5.92. The van der Waals surface area contributed by atoms with Crippen molar-refractivity contribution < 1.29 is 4.74 Å². The molecule has 12 heavy (non-hydrogen) atoms. The van der Waals surface area contributed by atoms with Gasteiger partial charge in [0, 0.05) is 13.2 Å². The fraction of sp³-hybridized carbons (Fsp3) is 1.00. The van der Waals surface area contributed by atoms with E-state index >= 15 is 0 Å². The number of methoxy groups -OCH3 is 1. The number of nitrogens with one attached hydrogen (secondary N) is 1. The van der Waals surface area contributed by atoms with Crippen LogP contribution in [0.3, 0.4) is 0 Å². The van der Waals surface area contributed by atoms with Crippen LogP contribution in [0.5, 0.6) is 0 Å². The summed E-state index contributed by atoms with van der Waals surface area (Å²) in [6.45, 7) is 1.20. The van der Waals surface area contributed by atoms with Gasteiger partial charge in [-0.1, -0.05) is 6.42 Å². The van der Waals surface area contributed by atoms with Crippen LogP contribution in [-0.4, -0.2) is 25.8 Å². The minimum absolute atomic E-state index is 0.490. The molecule has 0 radical (unpaired) electrons. The van der Waals surface area contributed by atoms with Gasteiger partial charge < -0.3 is 10.1 Å². The van der Waals surface area contributed by atoms with Crippen LogP contribution in [0.2, 0.25) is 0 Å². The van der Waals surface area contributed by atoms with Crippen molar-refractivity contribution in [3.63, 3.8) is 0 Å². The number of piperidine rings is 1. The van der Waals surface area contributed by atoms with Crippen molar-refractivity contribution in [1.82, 2.24) is 5.32 Å². The van der Waals surface area contributed by atoms with Gasteiger partial charge >= 0.3 is 0 Å². The zero-order chi connectivity index (χ0) is 8.39. The van der Waals surface area contributed by atoms with Crippen molar-refractivity contribution in [2.75, 3.05) is 13.7 Å². The normalized spacial score (nSPS) is 42.2. The topological polar surface area (TPSA) is 21.3 Å². The largest absolute Gasteiger partial charge is 0.380 e. The molecule has 3 atom stereocenters. The van der Waals surface area contributed by atoms with Crippen LogP contribution in [0, 0.1) is 5.92 Å². The SMILES string of the molecule is COC1CCCC2CCCNC21. The molecule has 2 fully saturated rings. The molecule has 0 amide bonds. The molecule has 0 aromatic heterocycles. The van der Waals surface area contributed by atoms with Crippen LogP contribution in [0.1, 0.15) is 32.1 Å². The van der Waals surface area contributed by atoms with Crippen LogP contribution in [0.4, 0.5) is 0 Å². The molecule has 2 rings (SSSR count). The van der Waals surface area contributed by atoms with Gasteiger partial charge in [0.05, 0.1) is 6.10 Å². The molecule has 2 nitrogen and oxygen atoms in total. The van der Waals surface area contributed by atoms with Crippen molar-refractivity contribution in [2.45, 2.75) is 44.2 Å². The van der Waals surface area contributed by atoms with E-state index in [1.54, 1.807) is 0 Å². The first-order valence-electron chi connectivity index (χ1n) is 5.18. The molecular formula is C10H19NO. The van der Waals surface area contributed by atoms with E-state index < -0.39 is 0 Å². The van der Waals surface area contributed by atoms with Gasteiger partial charge in [0.2, 0.25) is 0 Å². The summed E-state index contributed by atoms with van der Waals surface area (Å²) in [4.78, 5) is 0. The van der Waals surface area contributed by atoms with Gasteiger partial charge in [0.1, 0.15) is 0 Å². The quantitative estimate of drug-likeness (QED) is 0.643. The molecule has 1 aliphatic heterocycles. The van der Waals surface area contributed by atoms with E-state index in [9.17, 15) is 0 Å². The van der Waals surface area contributed by atoms with Gasteiger partial charge in [0.15, 0.2) is 0 Å². The third-order valence-corrected chi connectivity index (χ3v) is 3.41. The minimum atomic E-state index is 0.490. The summed E-state index contributed by atoms with van der Waals surface area (Å²) in [5, 5.41) is 3.60. The summed E-state index contributed by atoms with van der Waals surface area (Å²) in [7, 11) is 1.85. The maximum atomic E-state index is 5.50. The predicted octanol–water partition coefficient (Wildman–Crippen LogP) is 1.55. The van der Waals surface area contributed by atoms with Crippen LogP contribution >= 0.6 is 0 Å². The molecule has 0 aromatic rings. The number of fused-ring (bicyclic) bond motifs is 1. The van der Waals surface area contributed by atoms with Gasteiger partial charge in [-0.05, 0) is 38.1 Å². The van der Waals surface area contributed by atoms with Crippen molar-refractivity contribution in [3.05, 3.63) is 0 Å². The number of hydrogen-bond donors (Lipinski definition) is 1. The van der Waals surface area contributed by atoms with Gasteiger partial charge in [-0.2, -0.15) is 0 Å². The average molecular weight is 169 g/mol. The van der Waals surface area contributed by atoms with E-state index in [1.807, 2.05) is 7.11 Å². The summed E-state index contributed by atoms with van der Waals surface area (Å²) in [5.74, 6) is 0.900. The summed E-state index contributed by atoms with van der Waals surface area (Å²) < 4.78 is 5.50. The minimum Gasteiger partial charge on any atom is -0.380 e. The van der Waals surface area contributed by atoms with E-state index in [-0.39, 0.29) is 0 Å². The molecule has 2 aliphatic rings. The van der Waals surface area contributed by atoms with Gasteiger partial charge in [-0.25, -0.2) is 0 Å². The van der Waals surface area contributed by atoms with Crippen LogP contribution < -0.4 is 5.32 Å². The highest BCUT2D eigenvalue weighted by atomic mass is 16.5. The molecule has 70 valence electrons. The third kappa shape index (κ3) is 1.50. The molecule has 1 saturated heterocycles. The summed E-state index contributed by atoms with van der Waals surface area (Å²) >= 11 is 0. The molecular weight excluding hydrogens is 150 g/mol. The monoisotopic (exact) mass is 169 g/mol. The highest BCUT2D eigenvalue weighted by Gasteiger charge is 2.34. The number of ether oxygens (including phenoxy) is 1. The summed E-state index contributed by atoms with van der Waals surface area (Å²) in [6, 6.07) is 0.664. The summed E-state index contributed by atoms with van der Waals surface area (Å²) in [5.41, 5.74) is 0. The Bertz CT molecular complexity index is 140. The standard InChI is InChI=1S/C10H19NO/c1-12-9-6-2-4-8-5-3-7-11-10(8)9/h8-11H,2-7H2,1H3. The van der Waals surface area contributed by atoms with E-state index in [4.69, 9.17) is 4.74 Å². The molecule has 0 aromatic carbocycles. The van der Waals surface area contributed by atoms with E-state index in [1.165, 1.54) is 38.6 Å². The molecule has 0 bridgehead atoms. The zero-order valence-electron chi connectivity index (χ0n) is 7.88. The Hall–Kier alpha value is -0.0800. The van der Waals surface area contributed by atoms with Crippen LogP contribution in [0.25, 0.3) is 0 Å². The van der Waals surface area contributed by atoms with Gasteiger partial charge in [-0.15, -0.1) is 0 Å². The second-order valence-electron chi connectivity index (χ2n) is 4.09. The second-order valence-corrected chi connectivity index (χ2v) is 4.09. The second kappa shape index (κ2) is 3.75. The molecule has 0 spiro atoms. The Labute approximate surface area is 74.7 Å². The molecule has 1 N–H and O–H groups in total.